The van der Waals surface area contributed by atoms with Crippen molar-refractivity contribution in [1.82, 2.24) is 20.4 Å². The molecule has 3 N–H and O–H groups in total. The Morgan fingerprint density at radius 2 is 2.16 bits per heavy atom. The number of hydrogen-bond acceptors (Lipinski definition) is 4. The summed E-state index contributed by atoms with van der Waals surface area (Å²) in [6, 6.07) is 12.6. The second-order valence-corrected chi connectivity index (χ2v) is 5.91. The van der Waals surface area contributed by atoms with Gasteiger partial charge in [-0.3, -0.25) is 0 Å². The average Bonchev–Trinajstić information content (AvgIpc) is 3.32. The smallest absolute Gasteiger partial charge is 0.315 e. The van der Waals surface area contributed by atoms with Gasteiger partial charge < -0.3 is 20.2 Å². The van der Waals surface area contributed by atoms with Gasteiger partial charge in [-0.15, -0.1) is 0 Å². The van der Waals surface area contributed by atoms with Gasteiger partial charge in [-0.1, -0.05) is 12.1 Å². The zero-order chi connectivity index (χ0) is 17.7. The lowest BCUT2D eigenvalue weighted by molar-refractivity contribution is 0.0367. The molecule has 0 radical (unpaired) electrons. The molecule has 0 bridgehead atoms. The largest absolute Gasteiger partial charge is 0.466 e. The van der Waals surface area contributed by atoms with Crippen molar-refractivity contribution < 1.29 is 14.3 Å². The molecule has 3 rings (SSSR count). The van der Waals surface area contributed by atoms with Crippen molar-refractivity contribution in [3.8, 4) is 5.69 Å². The fraction of sp³-hybridized carbons (Fsp3) is 0.222. The molecule has 1 aromatic carbocycles. The number of urea groups is 1. The number of aromatic nitrogens is 2. The second kappa shape index (κ2) is 7.23. The molecular weight excluding hydrogens is 320 g/mol. The van der Waals surface area contributed by atoms with Crippen LogP contribution in [0.1, 0.15) is 18.2 Å². The van der Waals surface area contributed by atoms with E-state index in [-0.39, 0.29) is 12.6 Å². The Morgan fingerprint density at radius 3 is 2.88 bits per heavy atom. The van der Waals surface area contributed by atoms with Gasteiger partial charge in [0.15, 0.2) is 0 Å². The molecule has 2 aromatic heterocycles. The van der Waals surface area contributed by atoms with Gasteiger partial charge in [0, 0.05) is 18.9 Å². The van der Waals surface area contributed by atoms with Gasteiger partial charge >= 0.3 is 6.03 Å². The van der Waals surface area contributed by atoms with E-state index in [9.17, 15) is 9.90 Å². The molecule has 1 atom stereocenters. The molecule has 0 saturated heterocycles. The van der Waals surface area contributed by atoms with Crippen LogP contribution in [0.15, 0.2) is 65.5 Å². The van der Waals surface area contributed by atoms with Gasteiger partial charge in [-0.2, -0.15) is 5.10 Å². The van der Waals surface area contributed by atoms with Crippen LogP contribution in [-0.4, -0.2) is 27.5 Å². The zero-order valence-corrected chi connectivity index (χ0v) is 13.8. The lowest BCUT2D eigenvalue weighted by Gasteiger charge is -2.21. The first-order valence-electron chi connectivity index (χ1n) is 7.92. The van der Waals surface area contributed by atoms with Crippen LogP contribution in [0.4, 0.5) is 4.79 Å². The third kappa shape index (κ3) is 4.27. The standard InChI is InChI=1S/C18H20N4O3/c1-18(24,16-7-3-10-25-16)13-20-17(23)19-12-14-5-2-6-15(11-14)22-9-4-8-21-22/h2-11,24H,12-13H2,1H3,(H2,19,20,23). The summed E-state index contributed by atoms with van der Waals surface area (Å²) in [7, 11) is 0. The molecule has 0 fully saturated rings. The SMILES string of the molecule is CC(O)(CNC(=O)NCc1cccc(-n2cccn2)c1)c1ccco1. The molecule has 0 saturated carbocycles. The van der Waals surface area contributed by atoms with E-state index in [1.165, 1.54) is 6.26 Å². The first-order chi connectivity index (χ1) is 12.0. The first-order valence-corrected chi connectivity index (χ1v) is 7.92. The average molecular weight is 340 g/mol. The van der Waals surface area contributed by atoms with Crippen molar-refractivity contribution in [1.29, 1.82) is 0 Å². The van der Waals surface area contributed by atoms with Crippen LogP contribution in [0, 0.1) is 0 Å². The molecular formula is C18H20N4O3. The fourth-order valence-electron chi connectivity index (χ4n) is 2.40. The number of carbonyl (C=O) groups excluding carboxylic acids is 1. The van der Waals surface area contributed by atoms with E-state index in [0.29, 0.717) is 12.3 Å². The van der Waals surface area contributed by atoms with Crippen molar-refractivity contribution in [3.63, 3.8) is 0 Å². The maximum Gasteiger partial charge on any atom is 0.315 e. The number of benzene rings is 1. The number of aliphatic hydroxyl groups is 1. The van der Waals surface area contributed by atoms with Gasteiger partial charge in [-0.25, -0.2) is 9.48 Å². The van der Waals surface area contributed by atoms with Gasteiger partial charge in [0.2, 0.25) is 0 Å². The lowest BCUT2D eigenvalue weighted by atomic mass is 10.0. The molecule has 0 aliphatic heterocycles. The minimum Gasteiger partial charge on any atom is -0.466 e. The van der Waals surface area contributed by atoms with Crippen LogP contribution in [-0.2, 0) is 12.1 Å². The highest BCUT2D eigenvalue weighted by Gasteiger charge is 2.26. The highest BCUT2D eigenvalue weighted by atomic mass is 16.4. The molecule has 130 valence electrons. The lowest BCUT2D eigenvalue weighted by Crippen LogP contribution is -2.43. The van der Waals surface area contributed by atoms with E-state index in [0.717, 1.165) is 11.3 Å². The Bertz CT molecular complexity index is 811. The van der Waals surface area contributed by atoms with E-state index in [4.69, 9.17) is 4.42 Å². The Kier molecular flexibility index (Phi) is 4.85. The van der Waals surface area contributed by atoms with Crippen molar-refractivity contribution in [2.45, 2.75) is 19.1 Å². The Hall–Kier alpha value is -3.06. The number of furan rings is 1. The van der Waals surface area contributed by atoms with Crippen molar-refractivity contribution >= 4 is 6.03 Å². The fourth-order valence-corrected chi connectivity index (χ4v) is 2.40. The Labute approximate surface area is 145 Å². The summed E-state index contributed by atoms with van der Waals surface area (Å²) in [5.74, 6) is 0.403. The van der Waals surface area contributed by atoms with Crippen LogP contribution in [0.5, 0.6) is 0 Å². The Morgan fingerprint density at radius 1 is 1.28 bits per heavy atom. The van der Waals surface area contributed by atoms with E-state index >= 15 is 0 Å². The topological polar surface area (TPSA) is 92.3 Å². The third-order valence-electron chi connectivity index (χ3n) is 3.78. The van der Waals surface area contributed by atoms with Crippen LogP contribution in [0.3, 0.4) is 0 Å². The quantitative estimate of drug-likeness (QED) is 0.641. The van der Waals surface area contributed by atoms with Crippen LogP contribution in [0.2, 0.25) is 0 Å². The van der Waals surface area contributed by atoms with Crippen molar-refractivity contribution in [3.05, 3.63) is 72.4 Å². The van der Waals surface area contributed by atoms with Gasteiger partial charge in [0.1, 0.15) is 11.4 Å². The highest BCUT2D eigenvalue weighted by Crippen LogP contribution is 2.19. The van der Waals surface area contributed by atoms with E-state index < -0.39 is 5.60 Å². The molecule has 0 spiro atoms. The van der Waals surface area contributed by atoms with E-state index in [2.05, 4.69) is 15.7 Å². The van der Waals surface area contributed by atoms with E-state index in [1.807, 2.05) is 36.5 Å². The molecule has 7 nitrogen and oxygen atoms in total. The summed E-state index contributed by atoms with van der Waals surface area (Å²) in [4.78, 5) is 12.0. The van der Waals surface area contributed by atoms with Gasteiger partial charge in [0.05, 0.1) is 18.5 Å². The normalized spacial score (nSPS) is 13.2. The van der Waals surface area contributed by atoms with Crippen molar-refractivity contribution in [2.24, 2.45) is 0 Å². The summed E-state index contributed by atoms with van der Waals surface area (Å²) in [5.41, 5.74) is 0.604. The molecule has 1 unspecified atom stereocenters. The maximum atomic E-state index is 12.0. The minimum atomic E-state index is -1.26. The minimum absolute atomic E-state index is 0.0413. The molecule has 2 amide bonds. The summed E-state index contributed by atoms with van der Waals surface area (Å²) < 4.78 is 6.93. The van der Waals surface area contributed by atoms with E-state index in [1.54, 1.807) is 29.9 Å². The molecule has 3 aromatic rings. The molecule has 25 heavy (non-hydrogen) atoms. The molecule has 0 aliphatic carbocycles. The van der Waals surface area contributed by atoms with Crippen molar-refractivity contribution in [2.75, 3.05) is 6.54 Å². The van der Waals surface area contributed by atoms with Crippen LogP contribution >= 0.6 is 0 Å². The van der Waals surface area contributed by atoms with Crippen LogP contribution in [0.25, 0.3) is 5.69 Å². The molecule has 0 aliphatic rings. The summed E-state index contributed by atoms with van der Waals surface area (Å²) >= 11 is 0. The monoisotopic (exact) mass is 340 g/mol. The van der Waals surface area contributed by atoms with Crippen LogP contribution < -0.4 is 10.6 Å². The number of carbonyl (C=O) groups is 1. The number of amides is 2. The Balaban J connectivity index is 1.52. The third-order valence-corrected chi connectivity index (χ3v) is 3.78. The summed E-state index contributed by atoms with van der Waals surface area (Å²) in [5, 5.41) is 19.9. The number of hydrogen-bond donors (Lipinski definition) is 3. The summed E-state index contributed by atoms with van der Waals surface area (Å²) in [6.07, 6.45) is 5.05. The van der Waals surface area contributed by atoms with Gasteiger partial charge in [0.25, 0.3) is 0 Å². The number of nitrogens with one attached hydrogen (secondary N) is 2. The number of nitrogens with zero attached hydrogens (tertiary/aromatic N) is 2. The first kappa shape index (κ1) is 16.8. The molecule has 7 heteroatoms. The predicted molar refractivity (Wildman–Crippen MR) is 92.1 cm³/mol. The second-order valence-electron chi connectivity index (χ2n) is 5.91. The number of rotatable bonds is 6. The predicted octanol–water partition coefficient (Wildman–Crippen LogP) is 2.17. The molecule has 2 heterocycles. The summed E-state index contributed by atoms with van der Waals surface area (Å²) in [6.45, 7) is 1.99. The highest BCUT2D eigenvalue weighted by molar-refractivity contribution is 5.73. The zero-order valence-electron chi connectivity index (χ0n) is 13.8. The van der Waals surface area contributed by atoms with Gasteiger partial charge in [-0.05, 0) is 42.8 Å². The maximum absolute atomic E-state index is 12.0.